The minimum absolute atomic E-state index is 0.435. The van der Waals surface area contributed by atoms with Crippen molar-refractivity contribution < 1.29 is 9.47 Å². The molecular weight excluding hydrogens is 204 g/mol. The van der Waals surface area contributed by atoms with Gasteiger partial charge in [-0.3, -0.25) is 0 Å². The first-order valence-corrected chi connectivity index (χ1v) is 6.25. The lowest BCUT2D eigenvalue weighted by Gasteiger charge is -2.33. The molecule has 1 aliphatic heterocycles. The summed E-state index contributed by atoms with van der Waals surface area (Å²) in [5.74, 6) is 0. The Morgan fingerprint density at radius 2 is 1.81 bits per heavy atom. The molecule has 1 aliphatic rings. The first-order chi connectivity index (χ1) is 7.77. The van der Waals surface area contributed by atoms with E-state index in [1.165, 1.54) is 12.8 Å². The normalized spacial score (nSPS) is 19.9. The van der Waals surface area contributed by atoms with Crippen molar-refractivity contribution in [3.05, 3.63) is 0 Å². The molecule has 0 atom stereocenters. The van der Waals surface area contributed by atoms with Crippen molar-refractivity contribution in [2.45, 2.75) is 19.8 Å². The molecule has 1 rings (SSSR count). The Labute approximate surface area is 99.1 Å². The van der Waals surface area contributed by atoms with Crippen LogP contribution in [0.5, 0.6) is 0 Å². The summed E-state index contributed by atoms with van der Waals surface area (Å²) in [6, 6.07) is 0. The standard InChI is InChI=1S/C12H26N2O2/c1-12(3-8-16-9-4-12)11-14-6-5-13-7-10-15-2/h13-14H,3-11H2,1-2H3. The van der Waals surface area contributed by atoms with Crippen LogP contribution in [0.4, 0.5) is 0 Å². The highest BCUT2D eigenvalue weighted by Crippen LogP contribution is 2.28. The minimum atomic E-state index is 0.435. The van der Waals surface area contributed by atoms with Crippen LogP contribution in [-0.2, 0) is 9.47 Å². The van der Waals surface area contributed by atoms with Gasteiger partial charge in [0.2, 0.25) is 0 Å². The molecule has 0 amide bonds. The molecule has 0 radical (unpaired) electrons. The minimum Gasteiger partial charge on any atom is -0.383 e. The summed E-state index contributed by atoms with van der Waals surface area (Å²) in [6.07, 6.45) is 2.36. The van der Waals surface area contributed by atoms with Gasteiger partial charge in [-0.15, -0.1) is 0 Å². The zero-order valence-electron chi connectivity index (χ0n) is 10.7. The smallest absolute Gasteiger partial charge is 0.0587 e. The Balaban J connectivity index is 1.93. The van der Waals surface area contributed by atoms with Gasteiger partial charge >= 0.3 is 0 Å². The van der Waals surface area contributed by atoms with Gasteiger partial charge in [-0.2, -0.15) is 0 Å². The Bertz CT molecular complexity index is 170. The lowest BCUT2D eigenvalue weighted by Crippen LogP contribution is -2.39. The van der Waals surface area contributed by atoms with E-state index in [0.717, 1.165) is 46.0 Å². The third kappa shape index (κ3) is 5.80. The highest BCUT2D eigenvalue weighted by Gasteiger charge is 2.26. The Kier molecular flexibility index (Phi) is 6.96. The van der Waals surface area contributed by atoms with E-state index in [0.29, 0.717) is 5.41 Å². The molecule has 0 bridgehead atoms. The fourth-order valence-corrected chi connectivity index (χ4v) is 1.91. The summed E-state index contributed by atoms with van der Waals surface area (Å²) in [7, 11) is 1.73. The lowest BCUT2D eigenvalue weighted by atomic mass is 9.82. The molecule has 0 aromatic carbocycles. The zero-order valence-corrected chi connectivity index (χ0v) is 10.7. The van der Waals surface area contributed by atoms with Gasteiger partial charge in [-0.1, -0.05) is 6.92 Å². The van der Waals surface area contributed by atoms with Crippen molar-refractivity contribution >= 4 is 0 Å². The Morgan fingerprint density at radius 3 is 2.50 bits per heavy atom. The lowest BCUT2D eigenvalue weighted by molar-refractivity contribution is 0.0242. The molecule has 1 saturated heterocycles. The maximum Gasteiger partial charge on any atom is 0.0587 e. The molecule has 0 saturated carbocycles. The van der Waals surface area contributed by atoms with E-state index in [-0.39, 0.29) is 0 Å². The molecule has 1 fully saturated rings. The summed E-state index contributed by atoms with van der Waals surface area (Å²) in [4.78, 5) is 0. The van der Waals surface area contributed by atoms with Crippen LogP contribution in [-0.4, -0.2) is 53.1 Å². The number of nitrogens with one attached hydrogen (secondary N) is 2. The van der Waals surface area contributed by atoms with Crippen LogP contribution in [0.2, 0.25) is 0 Å². The number of ether oxygens (including phenoxy) is 2. The SMILES string of the molecule is COCCNCCNCC1(C)CCOCC1. The molecule has 1 heterocycles. The van der Waals surface area contributed by atoms with Crippen molar-refractivity contribution in [2.24, 2.45) is 5.41 Å². The second-order valence-electron chi connectivity index (χ2n) is 4.84. The molecule has 0 spiro atoms. The van der Waals surface area contributed by atoms with Crippen molar-refractivity contribution in [1.82, 2.24) is 10.6 Å². The van der Waals surface area contributed by atoms with Gasteiger partial charge in [0.15, 0.2) is 0 Å². The first-order valence-electron chi connectivity index (χ1n) is 6.25. The third-order valence-corrected chi connectivity index (χ3v) is 3.21. The monoisotopic (exact) mass is 230 g/mol. The maximum atomic E-state index is 5.38. The summed E-state index contributed by atoms with van der Waals surface area (Å²) >= 11 is 0. The van der Waals surface area contributed by atoms with Gasteiger partial charge in [-0.25, -0.2) is 0 Å². The van der Waals surface area contributed by atoms with Crippen LogP contribution in [0, 0.1) is 5.41 Å². The molecule has 0 aliphatic carbocycles. The maximum absolute atomic E-state index is 5.38. The third-order valence-electron chi connectivity index (χ3n) is 3.21. The quantitative estimate of drug-likeness (QED) is 0.600. The number of rotatable bonds is 8. The highest BCUT2D eigenvalue weighted by atomic mass is 16.5. The fourth-order valence-electron chi connectivity index (χ4n) is 1.91. The van der Waals surface area contributed by atoms with Gasteiger partial charge in [0.05, 0.1) is 6.61 Å². The molecular formula is C12H26N2O2. The van der Waals surface area contributed by atoms with Gasteiger partial charge in [-0.05, 0) is 18.3 Å². The van der Waals surface area contributed by atoms with E-state index in [1.807, 2.05) is 0 Å². The zero-order chi connectivity index (χ0) is 11.7. The molecule has 96 valence electrons. The van der Waals surface area contributed by atoms with Crippen molar-refractivity contribution in [2.75, 3.05) is 53.1 Å². The average Bonchev–Trinajstić information content (AvgIpc) is 2.29. The van der Waals surface area contributed by atoms with E-state index < -0.39 is 0 Å². The van der Waals surface area contributed by atoms with Crippen molar-refractivity contribution in [1.29, 1.82) is 0 Å². The van der Waals surface area contributed by atoms with Crippen LogP contribution >= 0.6 is 0 Å². The number of methoxy groups -OCH3 is 1. The summed E-state index contributed by atoms with van der Waals surface area (Å²) in [6.45, 7) is 9.05. The van der Waals surface area contributed by atoms with E-state index in [9.17, 15) is 0 Å². The largest absolute Gasteiger partial charge is 0.383 e. The van der Waals surface area contributed by atoms with Crippen LogP contribution < -0.4 is 10.6 Å². The van der Waals surface area contributed by atoms with Gasteiger partial charge < -0.3 is 20.1 Å². The summed E-state index contributed by atoms with van der Waals surface area (Å²) < 4.78 is 10.3. The van der Waals surface area contributed by atoms with E-state index in [4.69, 9.17) is 9.47 Å². The Morgan fingerprint density at radius 1 is 1.12 bits per heavy atom. The second kappa shape index (κ2) is 8.01. The van der Waals surface area contributed by atoms with E-state index in [2.05, 4.69) is 17.6 Å². The van der Waals surface area contributed by atoms with Gasteiger partial charge in [0, 0.05) is 46.5 Å². The van der Waals surface area contributed by atoms with Crippen molar-refractivity contribution in [3.8, 4) is 0 Å². The van der Waals surface area contributed by atoms with E-state index >= 15 is 0 Å². The summed E-state index contributed by atoms with van der Waals surface area (Å²) in [5.41, 5.74) is 0.435. The molecule has 2 N–H and O–H groups in total. The average molecular weight is 230 g/mol. The van der Waals surface area contributed by atoms with Crippen LogP contribution in [0.15, 0.2) is 0 Å². The van der Waals surface area contributed by atoms with Crippen LogP contribution in [0.3, 0.4) is 0 Å². The molecule has 0 aromatic rings. The molecule has 4 heteroatoms. The van der Waals surface area contributed by atoms with E-state index in [1.54, 1.807) is 7.11 Å². The molecule has 0 unspecified atom stereocenters. The highest BCUT2D eigenvalue weighted by molar-refractivity contribution is 4.79. The second-order valence-corrected chi connectivity index (χ2v) is 4.84. The first kappa shape index (κ1) is 13.9. The van der Waals surface area contributed by atoms with Crippen LogP contribution in [0.25, 0.3) is 0 Å². The molecule has 16 heavy (non-hydrogen) atoms. The predicted molar refractivity (Wildman–Crippen MR) is 65.8 cm³/mol. The topological polar surface area (TPSA) is 42.5 Å². The predicted octanol–water partition coefficient (Wildman–Crippen LogP) is 0.629. The number of hydrogen-bond acceptors (Lipinski definition) is 4. The Hall–Kier alpha value is -0.160. The van der Waals surface area contributed by atoms with Crippen LogP contribution in [0.1, 0.15) is 19.8 Å². The van der Waals surface area contributed by atoms with Gasteiger partial charge in [0.1, 0.15) is 0 Å². The summed E-state index contributed by atoms with van der Waals surface area (Å²) in [5, 5.41) is 6.84. The molecule has 4 nitrogen and oxygen atoms in total. The number of hydrogen-bond donors (Lipinski definition) is 2. The molecule has 0 aromatic heterocycles. The fraction of sp³-hybridized carbons (Fsp3) is 1.00. The van der Waals surface area contributed by atoms with Crippen molar-refractivity contribution in [3.63, 3.8) is 0 Å². The van der Waals surface area contributed by atoms with Gasteiger partial charge in [0.25, 0.3) is 0 Å².